The summed E-state index contributed by atoms with van der Waals surface area (Å²) in [7, 11) is 0. The molecular weight excluding hydrogens is 267 g/mol. The Morgan fingerprint density at radius 3 is 2.67 bits per heavy atom. The topological polar surface area (TPSA) is 55.0 Å². The van der Waals surface area contributed by atoms with E-state index in [9.17, 15) is 4.39 Å². The fraction of sp³-hybridized carbons (Fsp3) is 0.375. The first-order valence-corrected chi connectivity index (χ1v) is 7.19. The van der Waals surface area contributed by atoms with Crippen LogP contribution in [0.25, 0.3) is 0 Å². The van der Waals surface area contributed by atoms with E-state index in [1.807, 2.05) is 6.07 Å². The van der Waals surface area contributed by atoms with Crippen molar-refractivity contribution in [3.05, 3.63) is 41.8 Å². The number of aromatic nitrogens is 2. The molecule has 0 unspecified atom stereocenters. The SMILES string of the molecule is CCCc1cc(F)ccc1N(c1ccnc(N)n1)C(C)C. The molecule has 0 saturated carbocycles. The van der Waals surface area contributed by atoms with Gasteiger partial charge in [0, 0.05) is 17.9 Å². The lowest BCUT2D eigenvalue weighted by Crippen LogP contribution is -2.27. The zero-order valence-corrected chi connectivity index (χ0v) is 12.7. The Kier molecular flexibility index (Phi) is 4.73. The molecule has 1 aromatic heterocycles. The Morgan fingerprint density at radius 2 is 2.05 bits per heavy atom. The van der Waals surface area contributed by atoms with Gasteiger partial charge in [0.1, 0.15) is 11.6 Å². The van der Waals surface area contributed by atoms with Crippen molar-refractivity contribution in [2.75, 3.05) is 10.6 Å². The van der Waals surface area contributed by atoms with Gasteiger partial charge in [-0.05, 0) is 50.1 Å². The van der Waals surface area contributed by atoms with Crippen LogP contribution in [-0.2, 0) is 6.42 Å². The summed E-state index contributed by atoms with van der Waals surface area (Å²) in [5, 5.41) is 0. The average molecular weight is 288 g/mol. The summed E-state index contributed by atoms with van der Waals surface area (Å²) in [4.78, 5) is 10.3. The molecule has 2 aromatic rings. The molecule has 21 heavy (non-hydrogen) atoms. The summed E-state index contributed by atoms with van der Waals surface area (Å²) >= 11 is 0. The lowest BCUT2D eigenvalue weighted by molar-refractivity contribution is 0.624. The van der Waals surface area contributed by atoms with Gasteiger partial charge in [0.25, 0.3) is 0 Å². The van der Waals surface area contributed by atoms with Crippen LogP contribution in [0, 0.1) is 5.82 Å². The number of aryl methyl sites for hydroxylation is 1. The highest BCUT2D eigenvalue weighted by Crippen LogP contribution is 2.31. The van der Waals surface area contributed by atoms with Gasteiger partial charge in [-0.1, -0.05) is 13.3 Å². The summed E-state index contributed by atoms with van der Waals surface area (Å²) < 4.78 is 13.5. The maximum absolute atomic E-state index is 13.5. The molecule has 0 atom stereocenters. The average Bonchev–Trinajstić information content (AvgIpc) is 2.41. The minimum absolute atomic E-state index is 0.167. The van der Waals surface area contributed by atoms with E-state index in [4.69, 9.17) is 5.73 Å². The Morgan fingerprint density at radius 1 is 1.29 bits per heavy atom. The number of rotatable bonds is 5. The highest BCUT2D eigenvalue weighted by Gasteiger charge is 2.18. The standard InChI is InChI=1S/C16H21FN4/c1-4-5-12-10-13(17)6-7-14(12)21(11(2)3)15-8-9-19-16(18)20-15/h6-11H,4-5H2,1-3H3,(H2,18,19,20). The smallest absolute Gasteiger partial charge is 0.221 e. The van der Waals surface area contributed by atoms with Crippen molar-refractivity contribution in [3.63, 3.8) is 0 Å². The third kappa shape index (κ3) is 3.48. The largest absolute Gasteiger partial charge is 0.368 e. The van der Waals surface area contributed by atoms with Gasteiger partial charge < -0.3 is 10.6 Å². The molecule has 5 heteroatoms. The summed E-state index contributed by atoms with van der Waals surface area (Å²) in [6, 6.07) is 6.86. The summed E-state index contributed by atoms with van der Waals surface area (Å²) in [6.07, 6.45) is 3.40. The Hall–Kier alpha value is -2.17. The van der Waals surface area contributed by atoms with E-state index in [1.54, 1.807) is 18.3 Å². The molecule has 4 nitrogen and oxygen atoms in total. The number of nitrogen functional groups attached to an aromatic ring is 1. The second kappa shape index (κ2) is 6.52. The lowest BCUT2D eigenvalue weighted by Gasteiger charge is -2.30. The third-order valence-corrected chi connectivity index (χ3v) is 3.24. The van der Waals surface area contributed by atoms with Gasteiger partial charge in [-0.2, -0.15) is 4.98 Å². The monoisotopic (exact) mass is 288 g/mol. The van der Waals surface area contributed by atoms with E-state index in [1.165, 1.54) is 6.07 Å². The summed E-state index contributed by atoms with van der Waals surface area (Å²) in [5.74, 6) is 0.742. The van der Waals surface area contributed by atoms with Gasteiger partial charge in [-0.15, -0.1) is 0 Å². The Balaban J connectivity index is 2.53. The van der Waals surface area contributed by atoms with E-state index in [0.29, 0.717) is 0 Å². The molecule has 0 saturated heterocycles. The number of hydrogen-bond acceptors (Lipinski definition) is 4. The van der Waals surface area contributed by atoms with E-state index in [2.05, 4.69) is 35.6 Å². The number of nitrogens with two attached hydrogens (primary N) is 1. The summed E-state index contributed by atoms with van der Waals surface area (Å²) in [6.45, 7) is 6.21. The lowest BCUT2D eigenvalue weighted by atomic mass is 10.1. The first-order chi connectivity index (χ1) is 10.0. The van der Waals surface area contributed by atoms with Crippen LogP contribution in [0.1, 0.15) is 32.8 Å². The van der Waals surface area contributed by atoms with Gasteiger partial charge in [0.2, 0.25) is 5.95 Å². The molecule has 0 spiro atoms. The number of halogens is 1. The normalized spacial score (nSPS) is 10.9. The minimum atomic E-state index is -0.215. The molecule has 0 bridgehead atoms. The fourth-order valence-corrected chi connectivity index (χ4v) is 2.42. The van der Waals surface area contributed by atoms with Crippen LogP contribution < -0.4 is 10.6 Å². The molecule has 0 aliphatic carbocycles. The van der Waals surface area contributed by atoms with Gasteiger partial charge in [-0.25, -0.2) is 9.37 Å². The number of nitrogens with zero attached hydrogens (tertiary/aromatic N) is 3. The van der Waals surface area contributed by atoms with Crippen LogP contribution in [0.3, 0.4) is 0 Å². The predicted molar refractivity (Wildman–Crippen MR) is 84.1 cm³/mol. The number of anilines is 3. The molecule has 2 N–H and O–H groups in total. The molecule has 0 amide bonds. The van der Waals surface area contributed by atoms with E-state index in [0.717, 1.165) is 29.9 Å². The number of hydrogen-bond donors (Lipinski definition) is 1. The van der Waals surface area contributed by atoms with Gasteiger partial charge in [0.15, 0.2) is 0 Å². The molecular formula is C16H21FN4. The van der Waals surface area contributed by atoms with E-state index in [-0.39, 0.29) is 17.8 Å². The van der Waals surface area contributed by atoms with Crippen molar-refractivity contribution in [1.82, 2.24) is 9.97 Å². The van der Waals surface area contributed by atoms with Crippen LogP contribution in [0.5, 0.6) is 0 Å². The van der Waals surface area contributed by atoms with Crippen LogP contribution in [-0.4, -0.2) is 16.0 Å². The molecule has 0 fully saturated rings. The summed E-state index contributed by atoms with van der Waals surface area (Å²) in [5.41, 5.74) is 7.63. The van der Waals surface area contributed by atoms with Crippen molar-refractivity contribution in [1.29, 1.82) is 0 Å². The highest BCUT2D eigenvalue weighted by atomic mass is 19.1. The minimum Gasteiger partial charge on any atom is -0.368 e. The molecule has 0 radical (unpaired) electrons. The maximum atomic E-state index is 13.5. The maximum Gasteiger partial charge on any atom is 0.221 e. The van der Waals surface area contributed by atoms with Crippen LogP contribution in [0.4, 0.5) is 21.8 Å². The Bertz CT molecular complexity index is 613. The molecule has 0 aliphatic rings. The van der Waals surface area contributed by atoms with Crippen molar-refractivity contribution >= 4 is 17.5 Å². The quantitative estimate of drug-likeness (QED) is 0.911. The molecule has 1 aromatic carbocycles. The Labute approximate surface area is 124 Å². The van der Waals surface area contributed by atoms with Crippen LogP contribution >= 0.6 is 0 Å². The molecule has 0 aliphatic heterocycles. The second-order valence-electron chi connectivity index (χ2n) is 5.26. The first kappa shape index (κ1) is 15.2. The van der Waals surface area contributed by atoms with Crippen molar-refractivity contribution in [3.8, 4) is 0 Å². The van der Waals surface area contributed by atoms with E-state index >= 15 is 0 Å². The number of benzene rings is 1. The van der Waals surface area contributed by atoms with Crippen molar-refractivity contribution < 1.29 is 4.39 Å². The van der Waals surface area contributed by atoms with Crippen molar-refractivity contribution in [2.45, 2.75) is 39.7 Å². The highest BCUT2D eigenvalue weighted by molar-refractivity contribution is 5.65. The predicted octanol–water partition coefficient (Wildman–Crippen LogP) is 3.70. The fourth-order valence-electron chi connectivity index (χ4n) is 2.42. The molecule has 1 heterocycles. The van der Waals surface area contributed by atoms with E-state index < -0.39 is 0 Å². The molecule has 2 rings (SSSR count). The second-order valence-corrected chi connectivity index (χ2v) is 5.26. The zero-order valence-electron chi connectivity index (χ0n) is 12.7. The zero-order chi connectivity index (χ0) is 15.4. The van der Waals surface area contributed by atoms with Gasteiger partial charge >= 0.3 is 0 Å². The van der Waals surface area contributed by atoms with Crippen molar-refractivity contribution in [2.24, 2.45) is 0 Å². The first-order valence-electron chi connectivity index (χ1n) is 7.19. The van der Waals surface area contributed by atoms with Crippen LogP contribution in [0.2, 0.25) is 0 Å². The van der Waals surface area contributed by atoms with Gasteiger partial charge in [0.05, 0.1) is 0 Å². The third-order valence-electron chi connectivity index (χ3n) is 3.24. The van der Waals surface area contributed by atoms with Crippen LogP contribution in [0.15, 0.2) is 30.5 Å². The van der Waals surface area contributed by atoms with Gasteiger partial charge in [-0.3, -0.25) is 0 Å². The molecule has 112 valence electrons.